The Kier molecular flexibility index (Phi) is 10.8. The second kappa shape index (κ2) is 15.4. The lowest BCUT2D eigenvalue weighted by molar-refractivity contribution is -0.188. The van der Waals surface area contributed by atoms with E-state index in [0.717, 1.165) is 19.3 Å². The van der Waals surface area contributed by atoms with Gasteiger partial charge in [0.25, 0.3) is 0 Å². The number of hydrogen-bond acceptors (Lipinski definition) is 11. The van der Waals surface area contributed by atoms with Gasteiger partial charge < -0.3 is 10.6 Å². The SMILES string of the molecule is CC(C)N=C(N)N(OC(=O)C1CCCC2C3NC4NC(NC5NC(NC6NC(NC(N3)C12)C1CCCCC61)C1CCCCC51)C1CCCCC41)C(C)C. The van der Waals surface area contributed by atoms with Crippen molar-refractivity contribution in [3.05, 3.63) is 0 Å². The van der Waals surface area contributed by atoms with Crippen LogP contribution in [0.15, 0.2) is 4.99 Å². The van der Waals surface area contributed by atoms with E-state index in [1.165, 1.54) is 82.1 Å². The van der Waals surface area contributed by atoms with Crippen molar-refractivity contribution in [2.75, 3.05) is 0 Å². The van der Waals surface area contributed by atoms with E-state index in [1.54, 1.807) is 0 Å². The molecule has 0 radical (unpaired) electrons. The highest BCUT2D eigenvalue weighted by atomic mass is 16.7. The summed E-state index contributed by atoms with van der Waals surface area (Å²) in [6.45, 7) is 7.98. The molecule has 4 saturated carbocycles. The van der Waals surface area contributed by atoms with Crippen molar-refractivity contribution >= 4 is 11.9 Å². The van der Waals surface area contributed by atoms with E-state index in [4.69, 9.17) is 10.6 Å². The van der Waals surface area contributed by atoms with Gasteiger partial charge in [-0.05, 0) is 120 Å². The summed E-state index contributed by atoms with van der Waals surface area (Å²) in [6.07, 6.45) is 20.2. The molecule has 9 aliphatic rings. The van der Waals surface area contributed by atoms with Gasteiger partial charge in [0.1, 0.15) is 0 Å². The van der Waals surface area contributed by atoms with Crippen LogP contribution in [0.2, 0.25) is 0 Å². The zero-order valence-corrected chi connectivity index (χ0v) is 32.9. The van der Waals surface area contributed by atoms with Crippen molar-refractivity contribution in [2.24, 2.45) is 64.0 Å². The zero-order chi connectivity index (χ0) is 36.4. The number of carbonyl (C=O) groups is 1. The maximum Gasteiger partial charge on any atom is 0.336 e. The molecule has 4 aliphatic carbocycles. The minimum atomic E-state index is -0.241. The predicted molar refractivity (Wildman–Crippen MR) is 206 cm³/mol. The van der Waals surface area contributed by atoms with Crippen LogP contribution in [0.4, 0.5) is 0 Å². The molecule has 13 heteroatoms. The molecule has 17 unspecified atom stereocenters. The first kappa shape index (κ1) is 37.0. The van der Waals surface area contributed by atoms with Crippen molar-refractivity contribution in [3.63, 3.8) is 0 Å². The van der Waals surface area contributed by atoms with E-state index < -0.39 is 0 Å². The maximum atomic E-state index is 14.4. The number of nitrogens with zero attached hydrogens (tertiary/aromatic N) is 2. The highest BCUT2D eigenvalue weighted by Gasteiger charge is 2.56. The smallest absolute Gasteiger partial charge is 0.336 e. The van der Waals surface area contributed by atoms with Gasteiger partial charge in [-0.2, -0.15) is 5.06 Å². The van der Waals surface area contributed by atoms with Crippen LogP contribution in [0.1, 0.15) is 124 Å². The summed E-state index contributed by atoms with van der Waals surface area (Å²) in [6, 6.07) is -0.104. The van der Waals surface area contributed by atoms with E-state index in [9.17, 15) is 4.79 Å². The van der Waals surface area contributed by atoms with Gasteiger partial charge in [-0.15, -0.1) is 0 Å². The summed E-state index contributed by atoms with van der Waals surface area (Å²) < 4.78 is 0. The molecule has 0 spiro atoms. The van der Waals surface area contributed by atoms with Crippen molar-refractivity contribution < 1.29 is 9.63 Å². The third-order valence-electron chi connectivity index (χ3n) is 15.5. The molecule has 10 N–H and O–H groups in total. The maximum absolute atomic E-state index is 14.4. The van der Waals surface area contributed by atoms with Gasteiger partial charge in [0.15, 0.2) is 0 Å². The second-order valence-electron chi connectivity index (χ2n) is 19.2. The number of hydroxylamine groups is 2. The molecule has 0 aromatic rings. The van der Waals surface area contributed by atoms with Crippen LogP contribution in [-0.4, -0.2) is 78.4 Å². The zero-order valence-electron chi connectivity index (χ0n) is 32.9. The molecular formula is C40H71N11O2. The number of nitrogens with two attached hydrogens (primary N) is 1. The first-order valence-electron chi connectivity index (χ1n) is 22.2. The van der Waals surface area contributed by atoms with Crippen molar-refractivity contribution in [1.82, 2.24) is 47.6 Å². The Bertz CT molecular complexity index is 1330. The molecule has 0 amide bonds. The molecular weight excluding hydrogens is 667 g/mol. The van der Waals surface area contributed by atoms with E-state index in [2.05, 4.69) is 47.5 Å². The standard InChI is InChI=1S/C40H71N11O2/c1-20(2)42-40(41)51(21(3)4)53-39(52)29-19-11-18-28-30(29)38-49-36-27-17-10-9-16-26(27)34(47-36)45-32-23-13-6-5-12-22(23)31(43-32)44-33-24-14-7-8-15-25(24)35(46-33)48-37(28)50-38/h20-38,43-50H,5-19H2,1-4H3,(H2,41,42). The van der Waals surface area contributed by atoms with Gasteiger partial charge in [-0.3, -0.25) is 42.5 Å². The van der Waals surface area contributed by atoms with E-state index in [-0.39, 0.29) is 66.7 Å². The van der Waals surface area contributed by atoms with Crippen molar-refractivity contribution in [2.45, 2.75) is 185 Å². The van der Waals surface area contributed by atoms with Gasteiger partial charge in [-0.1, -0.05) is 44.9 Å². The highest BCUT2D eigenvalue weighted by Crippen LogP contribution is 2.47. The highest BCUT2D eigenvalue weighted by molar-refractivity contribution is 5.80. The molecule has 9 rings (SSSR count). The third kappa shape index (κ3) is 7.06. The van der Waals surface area contributed by atoms with Gasteiger partial charge in [0.2, 0.25) is 5.96 Å². The number of hydrogen-bond donors (Lipinski definition) is 9. The monoisotopic (exact) mass is 738 g/mol. The quantitative estimate of drug-likeness (QED) is 0.119. The Labute approximate surface area is 318 Å². The molecule has 53 heavy (non-hydrogen) atoms. The Balaban J connectivity index is 1.04. The van der Waals surface area contributed by atoms with Gasteiger partial charge in [0, 0.05) is 12.0 Å². The van der Waals surface area contributed by atoms with Gasteiger partial charge in [-0.25, -0.2) is 9.79 Å². The van der Waals surface area contributed by atoms with Crippen LogP contribution in [0.5, 0.6) is 0 Å². The number of guanidine groups is 1. The summed E-state index contributed by atoms with van der Waals surface area (Å²) in [7, 11) is 0. The fraction of sp³-hybridized carbons (Fsp3) is 0.950. The molecule has 0 aromatic heterocycles. The summed E-state index contributed by atoms with van der Waals surface area (Å²) in [5, 5.41) is 35.1. The molecule has 5 heterocycles. The number of carbonyl (C=O) groups excluding carboxylic acids is 1. The minimum absolute atomic E-state index is 0.0109. The molecule has 17 atom stereocenters. The number of fused-ring (bicyclic) bond motifs is 20. The molecule has 5 saturated heterocycles. The third-order valence-corrected chi connectivity index (χ3v) is 15.5. The molecule has 298 valence electrons. The number of aliphatic imine (C=N–C) groups is 1. The lowest BCUT2D eigenvalue weighted by Gasteiger charge is -2.39. The Morgan fingerprint density at radius 1 is 0.528 bits per heavy atom. The molecule has 5 aliphatic heterocycles. The van der Waals surface area contributed by atoms with E-state index in [0.29, 0.717) is 59.9 Å². The normalized spacial score (nSPS) is 48.2. The predicted octanol–water partition coefficient (Wildman–Crippen LogP) is 2.72. The Hall–Kier alpha value is -1.58. The fourth-order valence-corrected chi connectivity index (χ4v) is 13.2. The minimum Gasteiger partial charge on any atom is -0.367 e. The van der Waals surface area contributed by atoms with Crippen LogP contribution >= 0.6 is 0 Å². The summed E-state index contributed by atoms with van der Waals surface area (Å²) >= 11 is 0. The van der Waals surface area contributed by atoms with E-state index in [1.807, 2.05) is 27.7 Å². The van der Waals surface area contributed by atoms with Crippen LogP contribution in [0.25, 0.3) is 0 Å². The average molecular weight is 738 g/mol. The Morgan fingerprint density at radius 2 is 0.868 bits per heavy atom. The van der Waals surface area contributed by atoms with Crippen LogP contribution in [-0.2, 0) is 9.63 Å². The van der Waals surface area contributed by atoms with Gasteiger partial charge >= 0.3 is 5.97 Å². The summed E-state index contributed by atoms with van der Waals surface area (Å²) in [5.74, 6) is 3.93. The van der Waals surface area contributed by atoms with Gasteiger partial charge in [0.05, 0.1) is 61.3 Å². The fourth-order valence-electron chi connectivity index (χ4n) is 13.2. The summed E-state index contributed by atoms with van der Waals surface area (Å²) in [5.41, 5.74) is 6.43. The van der Waals surface area contributed by atoms with Crippen molar-refractivity contribution in [3.8, 4) is 0 Å². The molecule has 8 bridgehead atoms. The number of nitrogens with one attached hydrogen (secondary N) is 8. The molecule has 0 aromatic carbocycles. The lowest BCUT2D eigenvalue weighted by Crippen LogP contribution is -2.62. The largest absolute Gasteiger partial charge is 0.367 e. The topological polar surface area (TPSA) is 164 Å². The molecule has 9 fully saturated rings. The molecule has 13 nitrogen and oxygen atoms in total. The average Bonchev–Trinajstić information content (AvgIpc) is 3.89. The first-order valence-corrected chi connectivity index (χ1v) is 22.2. The van der Waals surface area contributed by atoms with Crippen LogP contribution in [0, 0.1) is 53.3 Å². The van der Waals surface area contributed by atoms with Crippen LogP contribution in [0.3, 0.4) is 0 Å². The van der Waals surface area contributed by atoms with E-state index >= 15 is 0 Å². The van der Waals surface area contributed by atoms with Crippen molar-refractivity contribution in [1.29, 1.82) is 0 Å². The first-order chi connectivity index (χ1) is 25.7. The lowest BCUT2D eigenvalue weighted by atomic mass is 9.71. The second-order valence-corrected chi connectivity index (χ2v) is 19.2. The Morgan fingerprint density at radius 3 is 1.23 bits per heavy atom. The number of rotatable bonds is 3. The summed E-state index contributed by atoms with van der Waals surface area (Å²) in [4.78, 5) is 25.2. The van der Waals surface area contributed by atoms with Crippen LogP contribution < -0.4 is 48.3 Å².